The summed E-state index contributed by atoms with van der Waals surface area (Å²) in [6.45, 7) is 9.25. The number of nitrogens with zero attached hydrogens (tertiary/aromatic N) is 6. The van der Waals surface area contributed by atoms with Gasteiger partial charge in [0.1, 0.15) is 22.8 Å². The molecule has 12 nitrogen and oxygen atoms in total. The predicted octanol–water partition coefficient (Wildman–Crippen LogP) is 9.81. The summed E-state index contributed by atoms with van der Waals surface area (Å²) in [5.74, 6) is -0.486. The Morgan fingerprint density at radius 1 is 0.650 bits per heavy atom. The van der Waals surface area contributed by atoms with Crippen LogP contribution in [0.4, 0.5) is 22.7 Å². The van der Waals surface area contributed by atoms with E-state index in [0.29, 0.717) is 46.4 Å². The summed E-state index contributed by atoms with van der Waals surface area (Å²) in [6.07, 6.45) is 3.44. The highest BCUT2D eigenvalue weighted by Crippen LogP contribution is 2.33. The van der Waals surface area contributed by atoms with Crippen molar-refractivity contribution in [1.82, 2.24) is 29.5 Å². The molecule has 2 N–H and O–H groups in total. The Morgan fingerprint density at radius 2 is 1.22 bits per heavy atom. The van der Waals surface area contributed by atoms with Gasteiger partial charge in [0.05, 0.1) is 16.6 Å². The van der Waals surface area contributed by atoms with Gasteiger partial charge in [0.2, 0.25) is 0 Å². The van der Waals surface area contributed by atoms with E-state index in [1.54, 1.807) is 30.6 Å². The van der Waals surface area contributed by atoms with Crippen molar-refractivity contribution in [3.05, 3.63) is 164 Å². The molecule has 4 aromatic carbocycles. The summed E-state index contributed by atoms with van der Waals surface area (Å²) >= 11 is 6.16. The molecule has 60 heavy (non-hydrogen) atoms. The minimum absolute atomic E-state index is 0.193. The summed E-state index contributed by atoms with van der Waals surface area (Å²) in [6, 6.07) is 33.6. The minimum Gasteiger partial charge on any atom is -0.350 e. The summed E-state index contributed by atoms with van der Waals surface area (Å²) in [7, 11) is 0. The molecule has 0 saturated heterocycles. The zero-order chi connectivity index (χ0) is 42.5. The number of hydrogen-bond donors (Lipinski definition) is 2. The molecule has 0 aliphatic rings. The largest absolute Gasteiger partial charge is 0.350 e. The van der Waals surface area contributed by atoms with Crippen LogP contribution in [-0.2, 0) is 13.1 Å². The summed E-state index contributed by atoms with van der Waals surface area (Å²) in [5.41, 5.74) is 5.74. The lowest BCUT2D eigenvalue weighted by Crippen LogP contribution is -2.28. The maximum absolute atomic E-state index is 13.2. The highest BCUT2D eigenvalue weighted by molar-refractivity contribution is 6.30. The molecule has 4 aromatic heterocycles. The van der Waals surface area contributed by atoms with Crippen molar-refractivity contribution in [3.8, 4) is 22.5 Å². The molecule has 0 atom stereocenters. The van der Waals surface area contributed by atoms with Gasteiger partial charge in [0.25, 0.3) is 11.1 Å². The van der Waals surface area contributed by atoms with Gasteiger partial charge in [-0.05, 0) is 83.1 Å². The van der Waals surface area contributed by atoms with Crippen LogP contribution < -0.4 is 21.8 Å². The van der Waals surface area contributed by atoms with Gasteiger partial charge >= 0.3 is 0 Å². The fraction of sp³-hybridized carbons (Fsp3) is 0.149. The molecular formula is C47H41ClN8O4. The number of benzene rings is 4. The maximum atomic E-state index is 13.2. The van der Waals surface area contributed by atoms with E-state index in [1.165, 1.54) is 23.2 Å². The van der Waals surface area contributed by atoms with Crippen LogP contribution in [0.3, 0.4) is 0 Å². The van der Waals surface area contributed by atoms with E-state index in [-0.39, 0.29) is 45.2 Å². The molecule has 300 valence electrons. The molecule has 0 unspecified atom stereocenters. The SMILES string of the molecule is CCn1nc(-c2cccc(Cl)c2)c(C(C)=O)c(Nc2cccc3cnccc23)c1=O.CCn1nc(-c2ccccc2)c(C(C)=O)c(Nc2cccc3nc(C)ccc23)c1=O. The lowest BCUT2D eigenvalue weighted by atomic mass is 10.0. The first-order valence-corrected chi connectivity index (χ1v) is 19.7. The van der Waals surface area contributed by atoms with Crippen LogP contribution in [0.1, 0.15) is 54.1 Å². The first kappa shape index (κ1) is 40.9. The third kappa shape index (κ3) is 8.31. The number of ketones is 2. The molecule has 8 rings (SSSR count). The first-order valence-electron chi connectivity index (χ1n) is 19.4. The molecule has 8 aromatic rings. The number of carbonyl (C=O) groups is 2. The minimum atomic E-state index is -0.362. The molecule has 0 saturated carbocycles. The smallest absolute Gasteiger partial charge is 0.291 e. The van der Waals surface area contributed by atoms with Crippen LogP contribution in [0.5, 0.6) is 0 Å². The lowest BCUT2D eigenvalue weighted by molar-refractivity contribution is 0.101. The van der Waals surface area contributed by atoms with Gasteiger partial charge in [-0.25, -0.2) is 9.36 Å². The van der Waals surface area contributed by atoms with Crippen molar-refractivity contribution in [3.63, 3.8) is 0 Å². The summed E-state index contributed by atoms with van der Waals surface area (Å²) in [5, 5.41) is 18.6. The number of fused-ring (bicyclic) bond motifs is 2. The number of nitrogens with one attached hydrogen (secondary N) is 2. The van der Waals surface area contributed by atoms with E-state index >= 15 is 0 Å². The van der Waals surface area contributed by atoms with E-state index in [4.69, 9.17) is 11.6 Å². The topological polar surface area (TPSA) is 154 Å². The van der Waals surface area contributed by atoms with Crippen molar-refractivity contribution in [2.45, 2.75) is 47.7 Å². The second-order valence-corrected chi connectivity index (χ2v) is 14.3. The number of pyridine rings is 2. The van der Waals surface area contributed by atoms with Crippen LogP contribution in [-0.4, -0.2) is 41.1 Å². The van der Waals surface area contributed by atoms with Gasteiger partial charge in [-0.1, -0.05) is 72.3 Å². The Morgan fingerprint density at radius 3 is 1.82 bits per heavy atom. The van der Waals surface area contributed by atoms with Crippen molar-refractivity contribution >= 4 is 67.6 Å². The average Bonchev–Trinajstić information content (AvgIpc) is 3.25. The Balaban J connectivity index is 0.000000181. The van der Waals surface area contributed by atoms with Gasteiger partial charge in [-0.15, -0.1) is 0 Å². The zero-order valence-corrected chi connectivity index (χ0v) is 34.4. The number of aromatic nitrogens is 6. The third-order valence-corrected chi connectivity index (χ3v) is 10.1. The number of aryl methyl sites for hydroxylation is 3. The highest BCUT2D eigenvalue weighted by atomic mass is 35.5. The summed E-state index contributed by atoms with van der Waals surface area (Å²) in [4.78, 5) is 60.4. The standard InChI is InChI=1S/C24H22N4O2.C23H19ClN4O2/c1-4-28-24(30)23(21(16(3)29)22(27-28)17-9-6-5-7-10-17)26-20-12-8-11-19-18(20)14-13-15(2)25-19;1-3-28-23(30)22(26-19-9-5-7-16-13-25-11-10-18(16)19)20(14(2)29)21(27-28)15-6-4-8-17(24)12-15/h5-14,26H,4H2,1-3H3;4-13,26H,3H2,1-2H3. The molecule has 4 heterocycles. The van der Waals surface area contributed by atoms with Crippen LogP contribution in [0.2, 0.25) is 5.02 Å². The lowest BCUT2D eigenvalue weighted by Gasteiger charge is -2.17. The molecule has 0 aliphatic carbocycles. The van der Waals surface area contributed by atoms with Crippen LogP contribution in [0, 0.1) is 6.92 Å². The van der Waals surface area contributed by atoms with E-state index in [2.05, 4.69) is 30.8 Å². The van der Waals surface area contributed by atoms with Gasteiger partial charge in [0.15, 0.2) is 11.6 Å². The van der Waals surface area contributed by atoms with Gasteiger partial charge in [-0.3, -0.25) is 29.1 Å². The number of hydrogen-bond acceptors (Lipinski definition) is 10. The monoisotopic (exact) mass is 816 g/mol. The highest BCUT2D eigenvalue weighted by Gasteiger charge is 2.24. The third-order valence-electron chi connectivity index (χ3n) is 9.83. The van der Waals surface area contributed by atoms with Crippen LogP contribution in [0.15, 0.2) is 131 Å². The second kappa shape index (κ2) is 17.7. The zero-order valence-electron chi connectivity index (χ0n) is 33.7. The quantitative estimate of drug-likeness (QED) is 0.128. The predicted molar refractivity (Wildman–Crippen MR) is 239 cm³/mol. The first-order chi connectivity index (χ1) is 29.0. The molecule has 0 bridgehead atoms. The van der Waals surface area contributed by atoms with E-state index in [1.807, 2.05) is 112 Å². The number of rotatable bonds is 10. The fourth-order valence-corrected chi connectivity index (χ4v) is 7.18. The second-order valence-electron chi connectivity index (χ2n) is 13.9. The van der Waals surface area contributed by atoms with Gasteiger partial charge < -0.3 is 10.6 Å². The van der Waals surface area contributed by atoms with E-state index < -0.39 is 0 Å². The summed E-state index contributed by atoms with van der Waals surface area (Å²) < 4.78 is 2.72. The van der Waals surface area contributed by atoms with Crippen LogP contribution >= 0.6 is 11.6 Å². The van der Waals surface area contributed by atoms with E-state index in [9.17, 15) is 19.2 Å². The fourth-order valence-electron chi connectivity index (χ4n) is 6.99. The molecule has 13 heteroatoms. The Hall–Kier alpha value is -7.31. The van der Waals surface area contributed by atoms with Crippen molar-refractivity contribution in [1.29, 1.82) is 0 Å². The maximum Gasteiger partial charge on any atom is 0.291 e. The number of anilines is 4. The van der Waals surface area contributed by atoms with Crippen molar-refractivity contribution < 1.29 is 9.59 Å². The normalized spacial score (nSPS) is 10.9. The van der Waals surface area contributed by atoms with Gasteiger partial charge in [-0.2, -0.15) is 10.2 Å². The van der Waals surface area contributed by atoms with Gasteiger partial charge in [0, 0.05) is 74.9 Å². The van der Waals surface area contributed by atoms with E-state index in [0.717, 1.165) is 32.9 Å². The van der Waals surface area contributed by atoms with Crippen molar-refractivity contribution in [2.75, 3.05) is 10.6 Å². The molecule has 0 radical (unpaired) electrons. The number of halogens is 1. The average molecular weight is 817 g/mol. The number of carbonyl (C=O) groups excluding carboxylic acids is 2. The Kier molecular flexibility index (Phi) is 12.0. The molecule has 0 amide bonds. The van der Waals surface area contributed by atoms with Crippen LogP contribution in [0.25, 0.3) is 44.2 Å². The molecule has 0 fully saturated rings. The number of Topliss-reactive ketones (excluding diaryl/α,β-unsaturated/α-hetero) is 2. The Bertz CT molecular complexity index is 3050. The molecular weight excluding hydrogens is 776 g/mol. The Labute approximate surface area is 350 Å². The molecule has 0 aliphatic heterocycles. The van der Waals surface area contributed by atoms with Crippen molar-refractivity contribution in [2.24, 2.45) is 0 Å². The molecule has 0 spiro atoms.